The monoisotopic (exact) mass is 471 g/mol. The number of halogens is 1. The number of benzene rings is 1. The van der Waals surface area contributed by atoms with Crippen molar-refractivity contribution in [2.24, 2.45) is 5.73 Å². The molecule has 3 heterocycles. The van der Waals surface area contributed by atoms with Crippen molar-refractivity contribution >= 4 is 22.5 Å². The van der Waals surface area contributed by atoms with Crippen LogP contribution >= 0.6 is 0 Å². The molecule has 3 aromatic rings. The van der Waals surface area contributed by atoms with Crippen LogP contribution in [0.3, 0.4) is 0 Å². The quantitative estimate of drug-likeness (QED) is 0.438. The number of hydrogen-bond acceptors (Lipinski definition) is 5. The maximum atomic E-state index is 15.0. The van der Waals surface area contributed by atoms with Crippen molar-refractivity contribution in [1.29, 1.82) is 0 Å². The van der Waals surface area contributed by atoms with Crippen molar-refractivity contribution in [1.82, 2.24) is 19.9 Å². The number of amides is 1. The molecular weight excluding hydrogens is 445 g/mol. The van der Waals surface area contributed by atoms with Gasteiger partial charge in [0.1, 0.15) is 16.9 Å². The molecule has 5 rings (SSSR count). The number of carbonyl (C=O) groups is 1. The Morgan fingerprint density at radius 2 is 2.09 bits per heavy atom. The largest absolute Gasteiger partial charge is 0.364 e. The minimum atomic E-state index is -0.713. The molecule has 7 nitrogen and oxygen atoms in total. The van der Waals surface area contributed by atoms with Gasteiger partial charge < -0.3 is 10.7 Å². The zero-order chi connectivity index (χ0) is 24.7. The minimum Gasteiger partial charge on any atom is -0.364 e. The van der Waals surface area contributed by atoms with Gasteiger partial charge in [-0.05, 0) is 73.9 Å². The van der Waals surface area contributed by atoms with E-state index in [1.165, 1.54) is 0 Å². The van der Waals surface area contributed by atoms with Crippen LogP contribution < -0.4 is 11.3 Å². The number of fused-ring (bicyclic) bond motifs is 1. The lowest BCUT2D eigenvalue weighted by atomic mass is 9.93. The lowest BCUT2D eigenvalue weighted by Gasteiger charge is -2.27. The van der Waals surface area contributed by atoms with Gasteiger partial charge in [0.05, 0.1) is 11.1 Å². The zero-order valence-corrected chi connectivity index (χ0v) is 19.7. The molecule has 0 unspecified atom stereocenters. The summed E-state index contributed by atoms with van der Waals surface area (Å²) >= 11 is 0. The predicted octanol–water partition coefficient (Wildman–Crippen LogP) is 3.40. The van der Waals surface area contributed by atoms with Crippen molar-refractivity contribution in [3.05, 3.63) is 74.2 Å². The van der Waals surface area contributed by atoms with Gasteiger partial charge in [0, 0.05) is 25.2 Å². The Labute approximate surface area is 202 Å². The molecule has 8 heteroatoms. The molecule has 1 aliphatic carbocycles. The van der Waals surface area contributed by atoms with Crippen molar-refractivity contribution < 1.29 is 9.18 Å². The van der Waals surface area contributed by atoms with E-state index in [4.69, 9.17) is 5.73 Å². The third-order valence-corrected chi connectivity index (χ3v) is 6.58. The van der Waals surface area contributed by atoms with Crippen LogP contribution in [0.25, 0.3) is 16.6 Å². The molecule has 1 aliphatic heterocycles. The smallest absolute Gasteiger partial charge is 0.269 e. The average molecular weight is 472 g/mol. The van der Waals surface area contributed by atoms with Gasteiger partial charge in [-0.2, -0.15) is 4.39 Å². The van der Waals surface area contributed by atoms with Gasteiger partial charge in [-0.1, -0.05) is 12.0 Å². The molecule has 1 aromatic carbocycles. The number of rotatable bonds is 5. The van der Waals surface area contributed by atoms with Gasteiger partial charge >= 0.3 is 0 Å². The number of nitrogens with two attached hydrogens (primary N) is 1. The van der Waals surface area contributed by atoms with Gasteiger partial charge in [-0.3, -0.25) is 14.5 Å². The van der Waals surface area contributed by atoms with Crippen molar-refractivity contribution in [3.8, 4) is 11.8 Å². The van der Waals surface area contributed by atoms with E-state index in [0.29, 0.717) is 41.8 Å². The van der Waals surface area contributed by atoms with Gasteiger partial charge in [-0.25, -0.2) is 9.97 Å². The molecule has 0 saturated heterocycles. The highest BCUT2D eigenvalue weighted by Crippen LogP contribution is 2.44. The van der Waals surface area contributed by atoms with Crippen molar-refractivity contribution in [2.45, 2.75) is 45.6 Å². The van der Waals surface area contributed by atoms with Gasteiger partial charge in [0.15, 0.2) is 0 Å². The second-order valence-electron chi connectivity index (χ2n) is 9.18. The van der Waals surface area contributed by atoms with Crippen LogP contribution in [-0.2, 0) is 6.54 Å². The molecule has 0 spiro atoms. The first-order chi connectivity index (χ1) is 16.8. The Hall–Kier alpha value is -3.83. The SMILES string of the molecule is CC#Cc1cc(CN2CC=C(c3c(C4CC4)cc(C(N)=O)nc3F)CC2)cc2[nH]c(=O)c(C)nc12. The summed E-state index contributed by atoms with van der Waals surface area (Å²) in [6.45, 7) is 5.49. The van der Waals surface area contributed by atoms with Crippen LogP contribution in [0.2, 0.25) is 0 Å². The van der Waals surface area contributed by atoms with E-state index in [1.54, 1.807) is 19.9 Å². The number of aromatic nitrogens is 3. The predicted molar refractivity (Wildman–Crippen MR) is 132 cm³/mol. The lowest BCUT2D eigenvalue weighted by Crippen LogP contribution is -2.28. The normalized spacial score (nSPS) is 16.0. The van der Waals surface area contributed by atoms with Crippen molar-refractivity contribution in [2.75, 3.05) is 13.1 Å². The van der Waals surface area contributed by atoms with Crippen LogP contribution in [0, 0.1) is 24.7 Å². The first kappa shape index (κ1) is 22.9. The number of hydrogen-bond donors (Lipinski definition) is 2. The van der Waals surface area contributed by atoms with E-state index >= 15 is 0 Å². The van der Waals surface area contributed by atoms with Gasteiger partial charge in [-0.15, -0.1) is 5.92 Å². The third kappa shape index (κ3) is 4.60. The maximum Gasteiger partial charge on any atom is 0.269 e. The Balaban J connectivity index is 1.41. The Kier molecular flexibility index (Phi) is 5.95. The van der Waals surface area contributed by atoms with E-state index in [9.17, 15) is 14.0 Å². The molecule has 178 valence electrons. The second kappa shape index (κ2) is 9.08. The fourth-order valence-corrected chi connectivity index (χ4v) is 4.70. The van der Waals surface area contributed by atoms with E-state index in [2.05, 4.69) is 31.7 Å². The summed E-state index contributed by atoms with van der Waals surface area (Å²) in [5.41, 5.74) is 11.0. The summed E-state index contributed by atoms with van der Waals surface area (Å²) in [6, 6.07) is 5.62. The van der Waals surface area contributed by atoms with E-state index < -0.39 is 11.9 Å². The highest BCUT2D eigenvalue weighted by atomic mass is 19.1. The van der Waals surface area contributed by atoms with Gasteiger partial charge in [0.2, 0.25) is 5.95 Å². The number of aromatic amines is 1. The number of primary amides is 1. The number of carbonyl (C=O) groups excluding carboxylic acids is 1. The molecule has 35 heavy (non-hydrogen) atoms. The van der Waals surface area contributed by atoms with E-state index in [1.807, 2.05) is 18.2 Å². The van der Waals surface area contributed by atoms with Crippen LogP contribution in [0.15, 0.2) is 29.1 Å². The maximum absolute atomic E-state index is 15.0. The molecule has 0 bridgehead atoms. The number of nitrogens with one attached hydrogen (secondary N) is 1. The Morgan fingerprint density at radius 1 is 1.29 bits per heavy atom. The summed E-state index contributed by atoms with van der Waals surface area (Å²) < 4.78 is 15.0. The van der Waals surface area contributed by atoms with Crippen LogP contribution in [0.4, 0.5) is 4.39 Å². The van der Waals surface area contributed by atoms with Crippen LogP contribution in [-0.4, -0.2) is 38.8 Å². The fourth-order valence-electron chi connectivity index (χ4n) is 4.70. The number of pyridine rings is 1. The number of H-pyrrole nitrogens is 1. The first-order valence-corrected chi connectivity index (χ1v) is 11.7. The minimum absolute atomic E-state index is 0.0174. The third-order valence-electron chi connectivity index (χ3n) is 6.58. The Morgan fingerprint density at radius 3 is 2.74 bits per heavy atom. The zero-order valence-electron chi connectivity index (χ0n) is 19.7. The molecule has 1 saturated carbocycles. The average Bonchev–Trinajstić information content (AvgIpc) is 3.66. The molecule has 1 fully saturated rings. The molecule has 2 aliphatic rings. The van der Waals surface area contributed by atoms with E-state index in [0.717, 1.165) is 41.6 Å². The summed E-state index contributed by atoms with van der Waals surface area (Å²) in [7, 11) is 0. The van der Waals surface area contributed by atoms with Crippen LogP contribution in [0.5, 0.6) is 0 Å². The molecular formula is C27H26FN5O2. The first-order valence-electron chi connectivity index (χ1n) is 11.7. The topological polar surface area (TPSA) is 105 Å². The molecule has 2 aromatic heterocycles. The summed E-state index contributed by atoms with van der Waals surface area (Å²) in [5.74, 6) is 4.95. The summed E-state index contributed by atoms with van der Waals surface area (Å²) in [6.07, 6.45) is 4.67. The highest BCUT2D eigenvalue weighted by molar-refractivity contribution is 5.91. The lowest BCUT2D eigenvalue weighted by molar-refractivity contribution is 0.0994. The van der Waals surface area contributed by atoms with Gasteiger partial charge in [0.25, 0.3) is 11.5 Å². The number of aryl methyl sites for hydroxylation is 1. The fraction of sp³-hybridized carbons (Fsp3) is 0.333. The van der Waals surface area contributed by atoms with Crippen LogP contribution in [0.1, 0.15) is 70.5 Å². The molecule has 3 N–H and O–H groups in total. The number of nitrogens with zero attached hydrogens (tertiary/aromatic N) is 3. The summed E-state index contributed by atoms with van der Waals surface area (Å²) in [5, 5.41) is 0. The standard InChI is InChI=1S/C27H26FN5O2/c1-3-4-19-11-16(12-21-24(19)30-15(2)27(35)32-21)14-33-9-7-18(8-10-33)23-20(17-5-6-17)13-22(26(29)34)31-25(23)28/h7,11-13,17H,5-6,8-10,14H2,1-2H3,(H2,29,34)(H,32,35). The van der Waals surface area contributed by atoms with E-state index in [-0.39, 0.29) is 17.2 Å². The molecule has 0 atom stereocenters. The molecule has 0 radical (unpaired) electrons. The second-order valence-corrected chi connectivity index (χ2v) is 9.18. The Bertz CT molecular complexity index is 1510. The van der Waals surface area contributed by atoms with Crippen molar-refractivity contribution in [3.63, 3.8) is 0 Å². The highest BCUT2D eigenvalue weighted by Gasteiger charge is 2.31. The molecule has 1 amide bonds. The summed E-state index contributed by atoms with van der Waals surface area (Å²) in [4.78, 5) is 37.1.